The maximum atomic E-state index is 12.6. The lowest BCUT2D eigenvalue weighted by Gasteiger charge is -2.26. The molecule has 0 aromatic heterocycles. The van der Waals surface area contributed by atoms with Crippen LogP contribution in [-0.4, -0.2) is 59.7 Å². The number of unbranched alkanes of at least 4 members (excludes halogenated alkanes) is 1. The summed E-state index contributed by atoms with van der Waals surface area (Å²) < 4.78 is 0. The number of nitrogens with two attached hydrogens (primary N) is 2. The third-order valence-electron chi connectivity index (χ3n) is 3.86. The first-order chi connectivity index (χ1) is 12.8. The zero-order valence-corrected chi connectivity index (χ0v) is 15.6. The van der Waals surface area contributed by atoms with Crippen LogP contribution in [-0.2, 0) is 20.9 Å². The van der Waals surface area contributed by atoms with Crippen LogP contribution in [0.25, 0.3) is 0 Å². The van der Waals surface area contributed by atoms with Gasteiger partial charge in [0.1, 0.15) is 0 Å². The number of carbonyl (C=O) groups excluding carboxylic acids is 3. The van der Waals surface area contributed by atoms with Gasteiger partial charge in [0.05, 0.1) is 13.1 Å². The Balaban J connectivity index is 2.64. The molecule has 0 spiro atoms. The average molecular weight is 376 g/mol. The maximum absolute atomic E-state index is 12.6. The molecule has 6 N–H and O–H groups in total. The highest BCUT2D eigenvalue weighted by Crippen LogP contribution is 2.06. The molecule has 0 saturated heterocycles. The minimum atomic E-state index is -0.607. The minimum absolute atomic E-state index is 0.100. The van der Waals surface area contributed by atoms with Crippen LogP contribution in [0, 0.1) is 5.41 Å². The summed E-state index contributed by atoms with van der Waals surface area (Å²) in [5.41, 5.74) is 11.3. The van der Waals surface area contributed by atoms with E-state index in [-0.39, 0.29) is 37.4 Å². The van der Waals surface area contributed by atoms with Crippen LogP contribution in [0.4, 0.5) is 0 Å². The van der Waals surface area contributed by atoms with E-state index in [9.17, 15) is 14.4 Å². The van der Waals surface area contributed by atoms with Gasteiger partial charge in [0, 0.05) is 26.6 Å². The van der Waals surface area contributed by atoms with Crippen LogP contribution in [0.15, 0.2) is 30.3 Å². The number of nitrogens with zero attached hydrogens (tertiary/aromatic N) is 2. The van der Waals surface area contributed by atoms with Gasteiger partial charge in [-0.3, -0.25) is 19.8 Å². The van der Waals surface area contributed by atoms with Crippen molar-refractivity contribution in [2.24, 2.45) is 11.5 Å². The SMILES string of the molecule is CC(=O)N(CCCCNC(=N)N)CC(=O)N(CC(N)=O)Cc1ccccc1. The fourth-order valence-electron chi connectivity index (χ4n) is 2.49. The van der Waals surface area contributed by atoms with Gasteiger partial charge in [-0.25, -0.2) is 0 Å². The zero-order valence-electron chi connectivity index (χ0n) is 15.6. The molecule has 148 valence electrons. The molecular formula is C18H28N6O3. The lowest BCUT2D eigenvalue weighted by Crippen LogP contribution is -2.45. The monoisotopic (exact) mass is 376 g/mol. The van der Waals surface area contributed by atoms with E-state index >= 15 is 0 Å². The van der Waals surface area contributed by atoms with Crippen molar-refractivity contribution in [3.05, 3.63) is 35.9 Å². The number of amides is 3. The molecular weight excluding hydrogens is 348 g/mol. The van der Waals surface area contributed by atoms with Crippen LogP contribution in [0.3, 0.4) is 0 Å². The predicted octanol–water partition coefficient (Wildman–Crippen LogP) is -0.388. The fourth-order valence-corrected chi connectivity index (χ4v) is 2.49. The fraction of sp³-hybridized carbons (Fsp3) is 0.444. The van der Waals surface area contributed by atoms with Gasteiger partial charge in [0.2, 0.25) is 17.7 Å². The Bertz CT molecular complexity index is 650. The second kappa shape index (κ2) is 11.5. The summed E-state index contributed by atoms with van der Waals surface area (Å²) in [5, 5.41) is 9.77. The molecule has 0 aliphatic heterocycles. The second-order valence-corrected chi connectivity index (χ2v) is 6.19. The molecule has 1 aromatic carbocycles. The maximum Gasteiger partial charge on any atom is 0.242 e. The topological polar surface area (TPSA) is 146 Å². The van der Waals surface area contributed by atoms with Crippen LogP contribution in [0.5, 0.6) is 0 Å². The van der Waals surface area contributed by atoms with E-state index < -0.39 is 5.91 Å². The molecule has 1 aromatic rings. The van der Waals surface area contributed by atoms with Crippen molar-refractivity contribution in [2.75, 3.05) is 26.2 Å². The van der Waals surface area contributed by atoms with Gasteiger partial charge in [0.25, 0.3) is 0 Å². The first kappa shape index (κ1) is 21.9. The molecule has 0 unspecified atom stereocenters. The molecule has 0 fully saturated rings. The zero-order chi connectivity index (χ0) is 20.2. The van der Waals surface area contributed by atoms with Crippen molar-refractivity contribution >= 4 is 23.7 Å². The van der Waals surface area contributed by atoms with Crippen LogP contribution < -0.4 is 16.8 Å². The number of hydrogen-bond donors (Lipinski definition) is 4. The highest BCUT2D eigenvalue weighted by Gasteiger charge is 2.20. The second-order valence-electron chi connectivity index (χ2n) is 6.19. The van der Waals surface area contributed by atoms with E-state index in [2.05, 4.69) is 5.32 Å². The van der Waals surface area contributed by atoms with Gasteiger partial charge < -0.3 is 26.6 Å². The largest absolute Gasteiger partial charge is 0.370 e. The van der Waals surface area contributed by atoms with Gasteiger partial charge in [-0.2, -0.15) is 0 Å². The number of primary amides is 1. The average Bonchev–Trinajstić information content (AvgIpc) is 2.59. The summed E-state index contributed by atoms with van der Waals surface area (Å²) in [6, 6.07) is 9.26. The Morgan fingerprint density at radius 2 is 1.70 bits per heavy atom. The van der Waals surface area contributed by atoms with Crippen molar-refractivity contribution < 1.29 is 14.4 Å². The summed E-state index contributed by atoms with van der Waals surface area (Å²) >= 11 is 0. The molecule has 9 heteroatoms. The number of carbonyl (C=O) groups is 3. The van der Waals surface area contributed by atoms with Crippen LogP contribution in [0.2, 0.25) is 0 Å². The summed E-state index contributed by atoms with van der Waals surface area (Å²) in [7, 11) is 0. The van der Waals surface area contributed by atoms with Crippen molar-refractivity contribution in [3.8, 4) is 0 Å². The quantitative estimate of drug-likeness (QED) is 0.236. The van der Waals surface area contributed by atoms with Crippen molar-refractivity contribution in [2.45, 2.75) is 26.3 Å². The number of rotatable bonds is 11. The third-order valence-corrected chi connectivity index (χ3v) is 3.86. The van der Waals surface area contributed by atoms with Crippen LogP contribution in [0.1, 0.15) is 25.3 Å². The van der Waals surface area contributed by atoms with E-state index in [0.29, 0.717) is 25.9 Å². The molecule has 0 aliphatic carbocycles. The first-order valence-corrected chi connectivity index (χ1v) is 8.73. The van der Waals surface area contributed by atoms with Gasteiger partial charge in [-0.05, 0) is 18.4 Å². The Morgan fingerprint density at radius 1 is 1.04 bits per heavy atom. The summed E-state index contributed by atoms with van der Waals surface area (Å²) in [6.07, 6.45) is 1.36. The summed E-state index contributed by atoms with van der Waals surface area (Å²) in [5.74, 6) is -1.27. The Morgan fingerprint density at radius 3 is 2.26 bits per heavy atom. The third kappa shape index (κ3) is 9.24. The lowest BCUT2D eigenvalue weighted by molar-refractivity contribution is -0.141. The Labute approximate surface area is 159 Å². The highest BCUT2D eigenvalue weighted by molar-refractivity contribution is 5.87. The van der Waals surface area contributed by atoms with E-state index in [0.717, 1.165) is 5.56 Å². The normalized spacial score (nSPS) is 10.1. The van der Waals surface area contributed by atoms with E-state index in [1.165, 1.54) is 16.7 Å². The standard InChI is InChI=1S/C18H28N6O3/c1-14(25)23(10-6-5-9-22-18(20)21)13-17(27)24(12-16(19)26)11-15-7-3-2-4-8-15/h2-4,7-8H,5-6,9-13H2,1H3,(H2,19,26)(H4,20,21,22). The van der Waals surface area contributed by atoms with Crippen molar-refractivity contribution in [1.82, 2.24) is 15.1 Å². The van der Waals surface area contributed by atoms with Gasteiger partial charge in [0.15, 0.2) is 5.96 Å². The van der Waals surface area contributed by atoms with E-state index in [4.69, 9.17) is 16.9 Å². The van der Waals surface area contributed by atoms with E-state index in [1.54, 1.807) is 0 Å². The Kier molecular flexibility index (Phi) is 9.35. The Hall–Kier alpha value is -3.10. The molecule has 3 amide bonds. The van der Waals surface area contributed by atoms with Gasteiger partial charge >= 0.3 is 0 Å². The molecule has 9 nitrogen and oxygen atoms in total. The molecule has 0 aliphatic rings. The number of nitrogens with one attached hydrogen (secondary N) is 2. The lowest BCUT2D eigenvalue weighted by atomic mass is 10.2. The molecule has 0 saturated carbocycles. The van der Waals surface area contributed by atoms with Gasteiger partial charge in [-0.1, -0.05) is 30.3 Å². The number of benzene rings is 1. The smallest absolute Gasteiger partial charge is 0.242 e. The first-order valence-electron chi connectivity index (χ1n) is 8.73. The van der Waals surface area contributed by atoms with E-state index in [1.807, 2.05) is 30.3 Å². The molecule has 0 heterocycles. The van der Waals surface area contributed by atoms with Crippen molar-refractivity contribution in [1.29, 1.82) is 5.41 Å². The molecule has 0 radical (unpaired) electrons. The summed E-state index contributed by atoms with van der Waals surface area (Å²) in [4.78, 5) is 38.6. The highest BCUT2D eigenvalue weighted by atomic mass is 16.2. The minimum Gasteiger partial charge on any atom is -0.370 e. The molecule has 0 atom stereocenters. The predicted molar refractivity (Wildman–Crippen MR) is 102 cm³/mol. The number of guanidine groups is 1. The number of hydrogen-bond acceptors (Lipinski definition) is 4. The molecule has 1 rings (SSSR count). The molecule has 27 heavy (non-hydrogen) atoms. The van der Waals surface area contributed by atoms with Gasteiger partial charge in [-0.15, -0.1) is 0 Å². The van der Waals surface area contributed by atoms with Crippen molar-refractivity contribution in [3.63, 3.8) is 0 Å². The summed E-state index contributed by atoms with van der Waals surface area (Å²) in [6.45, 7) is 2.25. The molecule has 0 bridgehead atoms. The van der Waals surface area contributed by atoms with Crippen LogP contribution >= 0.6 is 0 Å².